The largest absolute Gasteiger partial charge is 0.355 e. The van der Waals surface area contributed by atoms with Crippen molar-refractivity contribution in [2.45, 2.75) is 6.42 Å². The molecule has 1 saturated heterocycles. The molecule has 30 heavy (non-hydrogen) atoms. The molecule has 7 nitrogen and oxygen atoms in total. The number of anilines is 1. The molecular formula is C23H22N4O3. The highest BCUT2D eigenvalue weighted by atomic mass is 16.6. The molecule has 2 heterocycles. The van der Waals surface area contributed by atoms with E-state index in [1.54, 1.807) is 6.07 Å². The van der Waals surface area contributed by atoms with Crippen LogP contribution in [0.2, 0.25) is 0 Å². The lowest BCUT2D eigenvalue weighted by Crippen LogP contribution is -2.35. The van der Waals surface area contributed by atoms with Crippen LogP contribution < -0.4 is 4.90 Å². The fourth-order valence-electron chi connectivity index (χ4n) is 3.69. The first-order valence-electron chi connectivity index (χ1n) is 9.93. The van der Waals surface area contributed by atoms with Crippen LogP contribution in [0.3, 0.4) is 0 Å². The third-order valence-corrected chi connectivity index (χ3v) is 5.23. The van der Waals surface area contributed by atoms with Gasteiger partial charge in [0.25, 0.3) is 11.6 Å². The quantitative estimate of drug-likeness (QED) is 0.487. The monoisotopic (exact) mass is 402 g/mol. The number of aromatic nitrogens is 1. The molecule has 4 rings (SSSR count). The van der Waals surface area contributed by atoms with Crippen molar-refractivity contribution in [1.29, 1.82) is 0 Å². The van der Waals surface area contributed by atoms with Crippen LogP contribution in [0, 0.1) is 10.1 Å². The summed E-state index contributed by atoms with van der Waals surface area (Å²) in [5.41, 5.74) is 1.74. The molecule has 1 aliphatic rings. The van der Waals surface area contributed by atoms with Gasteiger partial charge in [0.2, 0.25) is 0 Å². The Kier molecular flexibility index (Phi) is 5.70. The Morgan fingerprint density at radius 1 is 0.867 bits per heavy atom. The van der Waals surface area contributed by atoms with Crippen LogP contribution in [0.25, 0.3) is 11.3 Å². The highest BCUT2D eigenvalue weighted by molar-refractivity contribution is 5.94. The molecule has 0 saturated carbocycles. The van der Waals surface area contributed by atoms with E-state index in [1.807, 2.05) is 65.6 Å². The zero-order valence-electron chi connectivity index (χ0n) is 16.5. The summed E-state index contributed by atoms with van der Waals surface area (Å²) in [6.07, 6.45) is 0.803. The van der Waals surface area contributed by atoms with Gasteiger partial charge in [0, 0.05) is 43.4 Å². The fraction of sp³-hybridized carbons (Fsp3) is 0.217. The second-order valence-corrected chi connectivity index (χ2v) is 7.16. The van der Waals surface area contributed by atoms with Crippen molar-refractivity contribution in [1.82, 2.24) is 9.88 Å². The lowest BCUT2D eigenvalue weighted by atomic mass is 10.1. The molecule has 0 unspecified atom stereocenters. The minimum absolute atomic E-state index is 0.0133. The van der Waals surface area contributed by atoms with Crippen LogP contribution >= 0.6 is 0 Å². The number of benzene rings is 2. The van der Waals surface area contributed by atoms with E-state index in [-0.39, 0.29) is 11.6 Å². The average molecular weight is 402 g/mol. The SMILES string of the molecule is O=C(c1ccccc1)N1CCCN(c2ccc([N+](=O)[O-])c(-c3ccccc3)n2)CC1. The summed E-state index contributed by atoms with van der Waals surface area (Å²) in [4.78, 5) is 32.5. The van der Waals surface area contributed by atoms with Crippen LogP contribution in [0.5, 0.6) is 0 Å². The number of nitrogens with zero attached hydrogens (tertiary/aromatic N) is 4. The summed E-state index contributed by atoms with van der Waals surface area (Å²) in [6, 6.07) is 21.7. The normalized spacial score (nSPS) is 14.3. The van der Waals surface area contributed by atoms with Crippen molar-refractivity contribution in [3.05, 3.63) is 88.5 Å². The molecule has 0 N–H and O–H groups in total. The molecule has 0 aliphatic carbocycles. The number of carbonyl (C=O) groups excluding carboxylic acids is 1. The predicted molar refractivity (Wildman–Crippen MR) is 116 cm³/mol. The van der Waals surface area contributed by atoms with Gasteiger partial charge in [-0.15, -0.1) is 0 Å². The molecule has 2 aromatic carbocycles. The Balaban J connectivity index is 1.56. The minimum atomic E-state index is -0.401. The molecule has 1 aliphatic heterocycles. The van der Waals surface area contributed by atoms with Crippen LogP contribution in [-0.4, -0.2) is 46.9 Å². The van der Waals surface area contributed by atoms with Crippen molar-refractivity contribution in [2.75, 3.05) is 31.1 Å². The first kappa shape index (κ1) is 19.6. The number of pyridine rings is 1. The number of amides is 1. The Morgan fingerprint density at radius 3 is 2.27 bits per heavy atom. The van der Waals surface area contributed by atoms with E-state index in [2.05, 4.69) is 9.88 Å². The summed E-state index contributed by atoms with van der Waals surface area (Å²) >= 11 is 0. The van der Waals surface area contributed by atoms with Crippen molar-refractivity contribution in [3.63, 3.8) is 0 Å². The van der Waals surface area contributed by atoms with E-state index in [1.165, 1.54) is 6.07 Å². The van der Waals surface area contributed by atoms with Crippen LogP contribution in [0.15, 0.2) is 72.8 Å². The Bertz CT molecular complexity index is 1040. The lowest BCUT2D eigenvalue weighted by Gasteiger charge is -2.23. The van der Waals surface area contributed by atoms with Gasteiger partial charge in [0.15, 0.2) is 5.69 Å². The first-order valence-corrected chi connectivity index (χ1v) is 9.93. The topological polar surface area (TPSA) is 79.6 Å². The van der Waals surface area contributed by atoms with E-state index in [4.69, 9.17) is 0 Å². The van der Waals surface area contributed by atoms with Gasteiger partial charge in [-0.25, -0.2) is 4.98 Å². The van der Waals surface area contributed by atoms with Gasteiger partial charge < -0.3 is 9.80 Å². The summed E-state index contributed by atoms with van der Waals surface area (Å²) in [5, 5.41) is 11.5. The zero-order valence-corrected chi connectivity index (χ0v) is 16.5. The second kappa shape index (κ2) is 8.73. The molecule has 0 radical (unpaired) electrons. The molecular weight excluding hydrogens is 380 g/mol. The van der Waals surface area contributed by atoms with Gasteiger partial charge in [-0.2, -0.15) is 0 Å². The summed E-state index contributed by atoms with van der Waals surface area (Å²) in [7, 11) is 0. The fourth-order valence-corrected chi connectivity index (χ4v) is 3.69. The van der Waals surface area contributed by atoms with Crippen molar-refractivity contribution >= 4 is 17.4 Å². The number of nitro groups is 1. The van der Waals surface area contributed by atoms with E-state index < -0.39 is 4.92 Å². The smallest absolute Gasteiger partial charge is 0.295 e. The minimum Gasteiger partial charge on any atom is -0.355 e. The summed E-state index contributed by atoms with van der Waals surface area (Å²) in [5.74, 6) is 0.715. The summed E-state index contributed by atoms with van der Waals surface area (Å²) in [6.45, 7) is 2.60. The Morgan fingerprint density at radius 2 is 1.57 bits per heavy atom. The van der Waals surface area contributed by atoms with Crippen molar-refractivity contribution in [2.24, 2.45) is 0 Å². The highest BCUT2D eigenvalue weighted by Gasteiger charge is 2.23. The van der Waals surface area contributed by atoms with Crippen LogP contribution in [-0.2, 0) is 0 Å². The molecule has 1 fully saturated rings. The lowest BCUT2D eigenvalue weighted by molar-refractivity contribution is -0.384. The summed E-state index contributed by atoms with van der Waals surface area (Å²) < 4.78 is 0. The van der Waals surface area contributed by atoms with Crippen LogP contribution in [0.4, 0.5) is 11.5 Å². The molecule has 3 aromatic rings. The maximum atomic E-state index is 12.8. The van der Waals surface area contributed by atoms with Crippen LogP contribution in [0.1, 0.15) is 16.8 Å². The second-order valence-electron chi connectivity index (χ2n) is 7.16. The number of hydrogen-bond acceptors (Lipinski definition) is 5. The van der Waals surface area contributed by atoms with Crippen molar-refractivity contribution < 1.29 is 9.72 Å². The van der Waals surface area contributed by atoms with E-state index in [0.29, 0.717) is 42.3 Å². The maximum Gasteiger partial charge on any atom is 0.295 e. The molecule has 0 bridgehead atoms. The predicted octanol–water partition coefficient (Wildman–Crippen LogP) is 4.01. The molecule has 152 valence electrons. The maximum absolute atomic E-state index is 12.8. The molecule has 1 amide bonds. The third kappa shape index (κ3) is 4.15. The number of hydrogen-bond donors (Lipinski definition) is 0. The van der Waals surface area contributed by atoms with Crippen molar-refractivity contribution in [3.8, 4) is 11.3 Å². The van der Waals surface area contributed by atoms with E-state index in [0.717, 1.165) is 13.0 Å². The zero-order chi connectivity index (χ0) is 20.9. The van der Waals surface area contributed by atoms with Gasteiger partial charge in [-0.05, 0) is 24.6 Å². The Hall–Kier alpha value is -3.74. The number of rotatable bonds is 4. The molecule has 1 aromatic heterocycles. The molecule has 7 heteroatoms. The first-order chi connectivity index (χ1) is 14.6. The van der Waals surface area contributed by atoms with Gasteiger partial charge >= 0.3 is 0 Å². The average Bonchev–Trinajstić information content (AvgIpc) is 3.05. The van der Waals surface area contributed by atoms with Gasteiger partial charge in [0.1, 0.15) is 5.82 Å². The van der Waals surface area contributed by atoms with E-state index in [9.17, 15) is 14.9 Å². The number of carbonyl (C=O) groups is 1. The van der Waals surface area contributed by atoms with Gasteiger partial charge in [0.05, 0.1) is 4.92 Å². The van der Waals surface area contributed by atoms with Gasteiger partial charge in [-0.3, -0.25) is 14.9 Å². The standard InChI is InChI=1S/C23H22N4O3/c28-23(19-10-5-2-6-11-19)26-15-7-14-25(16-17-26)21-13-12-20(27(29)30)22(24-21)18-8-3-1-4-9-18/h1-6,8-13H,7,14-17H2. The third-order valence-electron chi connectivity index (χ3n) is 5.23. The Labute approximate surface area is 174 Å². The molecule has 0 spiro atoms. The van der Waals surface area contributed by atoms with Gasteiger partial charge in [-0.1, -0.05) is 48.5 Å². The molecule has 0 atom stereocenters. The highest BCUT2D eigenvalue weighted by Crippen LogP contribution is 2.30. The van der Waals surface area contributed by atoms with E-state index >= 15 is 0 Å².